The third kappa shape index (κ3) is 26.0. The maximum absolute atomic E-state index is 12.9. The summed E-state index contributed by atoms with van der Waals surface area (Å²) in [6.07, 6.45) is 36.5. The Balaban J connectivity index is 2.28. The van der Waals surface area contributed by atoms with Gasteiger partial charge in [0, 0.05) is 6.42 Å². The molecule has 2 unspecified atom stereocenters. The molecule has 0 radical (unpaired) electrons. The van der Waals surface area contributed by atoms with E-state index in [9.17, 15) is 14.7 Å². The summed E-state index contributed by atoms with van der Waals surface area (Å²) in [5.41, 5.74) is 0.494. The van der Waals surface area contributed by atoms with Gasteiger partial charge in [-0.3, -0.25) is 4.79 Å². The summed E-state index contributed by atoms with van der Waals surface area (Å²) in [5.74, 6) is -0.458. The van der Waals surface area contributed by atoms with E-state index >= 15 is 0 Å². The van der Waals surface area contributed by atoms with Crippen LogP contribution in [-0.2, 0) is 9.53 Å². The second kappa shape index (κ2) is 33.6. The number of hydrogen-bond acceptors (Lipinski definition) is 4. The van der Waals surface area contributed by atoms with E-state index in [-0.39, 0.29) is 12.5 Å². The molecule has 0 saturated heterocycles. The number of esters is 1. The summed E-state index contributed by atoms with van der Waals surface area (Å²) >= 11 is 0. The first kappa shape index (κ1) is 44.1. The number of amides is 1. The second-order valence-electron chi connectivity index (χ2n) is 14.4. The van der Waals surface area contributed by atoms with Crippen molar-refractivity contribution < 1.29 is 19.4 Å². The number of benzene rings is 1. The number of hydrogen-bond donors (Lipinski definition) is 2. The summed E-state index contributed by atoms with van der Waals surface area (Å²) in [6, 6.07) is 8.41. The topological polar surface area (TPSA) is 75.6 Å². The molecule has 0 heterocycles. The quantitative estimate of drug-likeness (QED) is 0.0556. The Morgan fingerprint density at radius 2 is 0.938 bits per heavy atom. The molecule has 5 nitrogen and oxygen atoms in total. The van der Waals surface area contributed by atoms with E-state index in [2.05, 4.69) is 19.2 Å². The Morgan fingerprint density at radius 1 is 0.562 bits per heavy atom. The molecule has 2 N–H and O–H groups in total. The molecule has 0 aliphatic carbocycles. The molecule has 0 aliphatic heterocycles. The third-order valence-corrected chi connectivity index (χ3v) is 9.86. The number of aliphatic hydroxyl groups is 1. The standard InChI is InChI=1S/C43H77NO4/c1-3-5-7-9-11-13-15-17-18-20-22-24-26-28-33-37-42(46)44-40(38-45)41(48-43(47)39-34-30-29-31-35-39)36-32-27-25-23-21-19-16-14-12-10-8-6-4-2/h29-31,34-35,40-41,45H,3-28,32-33,36-38H2,1-2H3,(H,44,46). The molecule has 0 saturated carbocycles. The highest BCUT2D eigenvalue weighted by atomic mass is 16.5. The van der Waals surface area contributed by atoms with Crippen molar-refractivity contribution in [1.82, 2.24) is 5.32 Å². The third-order valence-electron chi connectivity index (χ3n) is 9.86. The van der Waals surface area contributed by atoms with Gasteiger partial charge in [-0.05, 0) is 31.4 Å². The molecule has 1 aromatic carbocycles. The van der Waals surface area contributed by atoms with E-state index in [0.29, 0.717) is 18.4 Å². The lowest BCUT2D eigenvalue weighted by Gasteiger charge is -2.27. The Hall–Kier alpha value is -1.88. The molecule has 0 fully saturated rings. The average molecular weight is 672 g/mol. The molecule has 1 amide bonds. The molecule has 0 aromatic heterocycles. The lowest BCUT2D eigenvalue weighted by molar-refractivity contribution is -0.123. The molecule has 278 valence electrons. The molecule has 1 aromatic rings. The number of carbonyl (C=O) groups is 2. The maximum atomic E-state index is 12.9. The van der Waals surface area contributed by atoms with Crippen LogP contribution in [0.1, 0.15) is 217 Å². The number of aliphatic hydroxyl groups excluding tert-OH is 1. The van der Waals surface area contributed by atoms with Gasteiger partial charge in [-0.15, -0.1) is 0 Å². The second-order valence-corrected chi connectivity index (χ2v) is 14.4. The van der Waals surface area contributed by atoms with Gasteiger partial charge in [-0.2, -0.15) is 0 Å². The van der Waals surface area contributed by atoms with Crippen molar-refractivity contribution in [2.75, 3.05) is 6.61 Å². The fourth-order valence-corrected chi connectivity index (χ4v) is 6.68. The van der Waals surface area contributed by atoms with Gasteiger partial charge in [-0.1, -0.05) is 199 Å². The van der Waals surface area contributed by atoms with Crippen LogP contribution in [0.4, 0.5) is 0 Å². The van der Waals surface area contributed by atoms with Crippen LogP contribution in [0, 0.1) is 0 Å². The van der Waals surface area contributed by atoms with Crippen molar-refractivity contribution in [3.63, 3.8) is 0 Å². The van der Waals surface area contributed by atoms with Gasteiger partial charge < -0.3 is 15.2 Å². The van der Waals surface area contributed by atoms with Crippen molar-refractivity contribution in [1.29, 1.82) is 0 Å². The monoisotopic (exact) mass is 672 g/mol. The number of carbonyl (C=O) groups excluding carboxylic acids is 2. The smallest absolute Gasteiger partial charge is 0.338 e. The van der Waals surface area contributed by atoms with Crippen LogP contribution in [-0.4, -0.2) is 35.7 Å². The lowest BCUT2D eigenvalue weighted by atomic mass is 10.0. The molecule has 0 aliphatic rings. The van der Waals surface area contributed by atoms with E-state index in [1.54, 1.807) is 12.1 Å². The lowest BCUT2D eigenvalue weighted by Crippen LogP contribution is -2.47. The first-order valence-corrected chi connectivity index (χ1v) is 20.8. The number of unbranched alkanes of at least 4 members (excludes halogenated alkanes) is 26. The molecule has 48 heavy (non-hydrogen) atoms. The van der Waals surface area contributed by atoms with Crippen molar-refractivity contribution >= 4 is 11.9 Å². The first-order chi connectivity index (χ1) is 23.6. The minimum atomic E-state index is -0.584. The SMILES string of the molecule is CCCCCCCCCCCCCCCCCC(=O)NC(CO)C(CCCCCCCCCCCCCCC)OC(=O)c1ccccc1. The zero-order chi connectivity index (χ0) is 34.8. The number of nitrogens with one attached hydrogen (secondary N) is 1. The maximum Gasteiger partial charge on any atom is 0.338 e. The molecule has 2 atom stereocenters. The van der Waals surface area contributed by atoms with Crippen LogP contribution < -0.4 is 5.32 Å². The predicted molar refractivity (Wildman–Crippen MR) is 205 cm³/mol. The van der Waals surface area contributed by atoms with Gasteiger partial charge in [0.05, 0.1) is 18.2 Å². The fraction of sp³-hybridized carbons (Fsp3) is 0.814. The summed E-state index contributed by atoms with van der Waals surface area (Å²) in [7, 11) is 0. The van der Waals surface area contributed by atoms with Crippen LogP contribution in [0.5, 0.6) is 0 Å². The van der Waals surface area contributed by atoms with Crippen LogP contribution in [0.25, 0.3) is 0 Å². The highest BCUT2D eigenvalue weighted by molar-refractivity contribution is 5.89. The van der Waals surface area contributed by atoms with E-state index < -0.39 is 18.1 Å². The van der Waals surface area contributed by atoms with Crippen LogP contribution >= 0.6 is 0 Å². The Bertz CT molecular complexity index is 844. The zero-order valence-corrected chi connectivity index (χ0v) is 31.6. The summed E-state index contributed by atoms with van der Waals surface area (Å²) in [4.78, 5) is 25.7. The minimum absolute atomic E-state index is 0.0603. The van der Waals surface area contributed by atoms with Crippen molar-refractivity contribution in [3.8, 4) is 0 Å². The Labute approximate surface area is 297 Å². The van der Waals surface area contributed by atoms with E-state index in [4.69, 9.17) is 4.74 Å². The molecule has 0 spiro atoms. The molecule has 1 rings (SSSR count). The van der Waals surface area contributed by atoms with E-state index in [1.807, 2.05) is 18.2 Å². The summed E-state index contributed by atoms with van der Waals surface area (Å²) in [5, 5.41) is 13.2. The first-order valence-electron chi connectivity index (χ1n) is 20.8. The Kier molecular flexibility index (Phi) is 30.9. The van der Waals surface area contributed by atoms with Crippen molar-refractivity contribution in [2.24, 2.45) is 0 Å². The van der Waals surface area contributed by atoms with E-state index in [0.717, 1.165) is 25.7 Å². The molecular weight excluding hydrogens is 594 g/mol. The van der Waals surface area contributed by atoms with Crippen molar-refractivity contribution in [2.45, 2.75) is 219 Å². The molecule has 5 heteroatoms. The fourth-order valence-electron chi connectivity index (χ4n) is 6.68. The van der Waals surface area contributed by atoms with Gasteiger partial charge in [0.1, 0.15) is 6.10 Å². The van der Waals surface area contributed by atoms with Gasteiger partial charge in [0.25, 0.3) is 0 Å². The van der Waals surface area contributed by atoms with Gasteiger partial charge in [-0.25, -0.2) is 4.79 Å². The van der Waals surface area contributed by atoms with Gasteiger partial charge in [0.2, 0.25) is 5.91 Å². The van der Waals surface area contributed by atoms with E-state index in [1.165, 1.54) is 154 Å². The largest absolute Gasteiger partial charge is 0.456 e. The highest BCUT2D eigenvalue weighted by Gasteiger charge is 2.26. The van der Waals surface area contributed by atoms with Gasteiger partial charge in [0.15, 0.2) is 0 Å². The highest BCUT2D eigenvalue weighted by Crippen LogP contribution is 2.18. The van der Waals surface area contributed by atoms with Crippen LogP contribution in [0.2, 0.25) is 0 Å². The van der Waals surface area contributed by atoms with Crippen LogP contribution in [0.3, 0.4) is 0 Å². The normalized spacial score (nSPS) is 12.6. The summed E-state index contributed by atoms with van der Waals surface area (Å²) in [6.45, 7) is 4.30. The zero-order valence-electron chi connectivity index (χ0n) is 31.6. The Morgan fingerprint density at radius 3 is 1.33 bits per heavy atom. The molecular formula is C43H77NO4. The van der Waals surface area contributed by atoms with Crippen molar-refractivity contribution in [3.05, 3.63) is 35.9 Å². The number of rotatable bonds is 35. The molecule has 0 bridgehead atoms. The summed E-state index contributed by atoms with van der Waals surface area (Å²) < 4.78 is 5.91. The number of ether oxygens (including phenoxy) is 1. The average Bonchev–Trinajstić information content (AvgIpc) is 3.10. The van der Waals surface area contributed by atoms with Crippen LogP contribution in [0.15, 0.2) is 30.3 Å². The predicted octanol–water partition coefficient (Wildman–Crippen LogP) is 12.4. The minimum Gasteiger partial charge on any atom is -0.456 e. The van der Waals surface area contributed by atoms with Gasteiger partial charge >= 0.3 is 5.97 Å².